The first-order chi connectivity index (χ1) is 14.9. The maximum atomic E-state index is 13.7. The van der Waals surface area contributed by atoms with Crippen LogP contribution in [0.5, 0.6) is 0 Å². The number of hydrogen-bond donors (Lipinski definition) is 1. The number of nitrogens with zero attached hydrogens (tertiary/aromatic N) is 3. The van der Waals surface area contributed by atoms with Gasteiger partial charge in [0.25, 0.3) is 11.4 Å². The fourth-order valence-corrected chi connectivity index (χ4v) is 3.03. The van der Waals surface area contributed by atoms with Crippen LogP contribution in [0.25, 0.3) is 22.8 Å². The second kappa shape index (κ2) is 8.31. The number of benzene rings is 2. The molecule has 9 heteroatoms. The summed E-state index contributed by atoms with van der Waals surface area (Å²) in [7, 11) is 0. The van der Waals surface area contributed by atoms with Gasteiger partial charge in [0.15, 0.2) is 0 Å². The van der Waals surface area contributed by atoms with E-state index < -0.39 is 29.6 Å². The van der Waals surface area contributed by atoms with E-state index in [-0.39, 0.29) is 17.1 Å². The number of rotatable bonds is 5. The van der Waals surface area contributed by atoms with Gasteiger partial charge >= 0.3 is 0 Å². The molecule has 2 heterocycles. The van der Waals surface area contributed by atoms with Crippen LogP contribution in [0.2, 0.25) is 0 Å². The van der Waals surface area contributed by atoms with Gasteiger partial charge in [-0.2, -0.15) is 4.98 Å². The Labute approximate surface area is 175 Å². The van der Waals surface area contributed by atoms with Gasteiger partial charge in [0.1, 0.15) is 23.7 Å². The van der Waals surface area contributed by atoms with Gasteiger partial charge in [-0.1, -0.05) is 29.4 Å². The summed E-state index contributed by atoms with van der Waals surface area (Å²) in [6.07, 6.45) is 1.39. The molecule has 156 valence electrons. The van der Waals surface area contributed by atoms with Crippen molar-refractivity contribution in [3.8, 4) is 22.8 Å². The minimum atomic E-state index is -0.787. The number of pyridine rings is 1. The van der Waals surface area contributed by atoms with Gasteiger partial charge in [0.05, 0.1) is 5.69 Å². The van der Waals surface area contributed by atoms with Crippen LogP contribution in [-0.2, 0) is 11.3 Å². The molecular formula is C22H16F2N4O3. The van der Waals surface area contributed by atoms with Crippen molar-refractivity contribution in [2.45, 2.75) is 13.5 Å². The topological polar surface area (TPSA) is 90.0 Å². The van der Waals surface area contributed by atoms with Crippen molar-refractivity contribution < 1.29 is 18.1 Å². The molecule has 0 saturated carbocycles. The second-order valence-corrected chi connectivity index (χ2v) is 6.77. The number of hydrogen-bond acceptors (Lipinski definition) is 5. The Morgan fingerprint density at radius 3 is 2.68 bits per heavy atom. The zero-order chi connectivity index (χ0) is 22.0. The molecular weight excluding hydrogens is 406 g/mol. The van der Waals surface area contributed by atoms with Gasteiger partial charge in [-0.15, -0.1) is 0 Å². The summed E-state index contributed by atoms with van der Waals surface area (Å²) < 4.78 is 33.4. The van der Waals surface area contributed by atoms with Crippen LogP contribution in [-0.4, -0.2) is 20.6 Å². The van der Waals surface area contributed by atoms with E-state index in [4.69, 9.17) is 4.52 Å². The average molecular weight is 422 g/mol. The van der Waals surface area contributed by atoms with Crippen LogP contribution in [0.15, 0.2) is 70.1 Å². The molecule has 0 radical (unpaired) electrons. The van der Waals surface area contributed by atoms with Crippen LogP contribution in [0.1, 0.15) is 5.56 Å². The first-order valence-electron chi connectivity index (χ1n) is 9.27. The molecule has 1 amide bonds. The number of aromatic nitrogens is 3. The highest BCUT2D eigenvalue weighted by atomic mass is 19.1. The van der Waals surface area contributed by atoms with Crippen molar-refractivity contribution in [3.63, 3.8) is 0 Å². The third kappa shape index (κ3) is 4.25. The maximum Gasteiger partial charge on any atom is 0.263 e. The fourth-order valence-electron chi connectivity index (χ4n) is 3.03. The fraction of sp³-hybridized carbons (Fsp3) is 0.0909. The SMILES string of the molecule is Cc1ccccc1-c1noc(-c2cccn(CC(=O)Nc3cc(F)ccc3F)c2=O)n1. The van der Waals surface area contributed by atoms with Crippen molar-refractivity contribution in [1.29, 1.82) is 0 Å². The number of carbonyl (C=O) groups excluding carboxylic acids is 1. The van der Waals surface area contributed by atoms with E-state index in [9.17, 15) is 18.4 Å². The molecule has 0 aliphatic carbocycles. The summed E-state index contributed by atoms with van der Waals surface area (Å²) in [5.41, 5.74) is 0.970. The number of nitrogens with one attached hydrogen (secondary N) is 1. The molecule has 4 rings (SSSR count). The van der Waals surface area contributed by atoms with E-state index in [1.165, 1.54) is 12.3 Å². The second-order valence-electron chi connectivity index (χ2n) is 6.77. The molecule has 4 aromatic rings. The summed E-state index contributed by atoms with van der Waals surface area (Å²) >= 11 is 0. The van der Waals surface area contributed by atoms with Gasteiger partial charge in [-0.05, 0) is 36.8 Å². The van der Waals surface area contributed by atoms with Crippen LogP contribution in [0.4, 0.5) is 14.5 Å². The van der Waals surface area contributed by atoms with E-state index >= 15 is 0 Å². The highest BCUT2D eigenvalue weighted by Gasteiger charge is 2.17. The lowest BCUT2D eigenvalue weighted by Gasteiger charge is -2.09. The minimum Gasteiger partial charge on any atom is -0.333 e. The lowest BCUT2D eigenvalue weighted by atomic mass is 10.1. The van der Waals surface area contributed by atoms with E-state index in [1.807, 2.05) is 31.2 Å². The van der Waals surface area contributed by atoms with E-state index in [0.29, 0.717) is 5.82 Å². The van der Waals surface area contributed by atoms with Crippen molar-refractivity contribution in [2.24, 2.45) is 0 Å². The van der Waals surface area contributed by atoms with Crippen LogP contribution >= 0.6 is 0 Å². The van der Waals surface area contributed by atoms with E-state index in [1.54, 1.807) is 6.07 Å². The van der Waals surface area contributed by atoms with Gasteiger partial charge in [0.2, 0.25) is 11.7 Å². The van der Waals surface area contributed by atoms with Crippen molar-refractivity contribution in [3.05, 3.63) is 88.3 Å². The Hall–Kier alpha value is -4.14. The highest BCUT2D eigenvalue weighted by molar-refractivity contribution is 5.90. The molecule has 0 saturated heterocycles. The Balaban J connectivity index is 1.58. The largest absolute Gasteiger partial charge is 0.333 e. The van der Waals surface area contributed by atoms with Crippen molar-refractivity contribution in [1.82, 2.24) is 14.7 Å². The van der Waals surface area contributed by atoms with Crippen LogP contribution in [0, 0.1) is 18.6 Å². The average Bonchev–Trinajstić information content (AvgIpc) is 3.22. The third-order valence-electron chi connectivity index (χ3n) is 4.58. The normalized spacial score (nSPS) is 10.8. The predicted octanol–water partition coefficient (Wildman–Crippen LogP) is 3.79. The Kier molecular flexibility index (Phi) is 5.40. The summed E-state index contributed by atoms with van der Waals surface area (Å²) in [6, 6.07) is 13.2. The lowest BCUT2D eigenvalue weighted by Crippen LogP contribution is -2.28. The van der Waals surface area contributed by atoms with Crippen LogP contribution in [0.3, 0.4) is 0 Å². The molecule has 0 spiro atoms. The molecule has 0 unspecified atom stereocenters. The minimum absolute atomic E-state index is 0.00851. The van der Waals surface area contributed by atoms with E-state index in [2.05, 4.69) is 15.5 Å². The molecule has 2 aromatic carbocycles. The van der Waals surface area contributed by atoms with Gasteiger partial charge in [0, 0.05) is 17.8 Å². The standard InChI is InChI=1S/C22H16F2N4O3/c1-13-5-2-3-6-15(13)20-26-21(31-27-20)16-7-4-10-28(22(16)30)12-19(29)25-18-11-14(23)8-9-17(18)24/h2-11H,12H2,1H3,(H,25,29). The zero-order valence-electron chi connectivity index (χ0n) is 16.3. The number of aryl methyl sites for hydroxylation is 1. The van der Waals surface area contributed by atoms with Gasteiger partial charge in [-0.25, -0.2) is 8.78 Å². The first kappa shape index (κ1) is 20.1. The quantitative estimate of drug-likeness (QED) is 0.529. The molecule has 0 aliphatic rings. The van der Waals surface area contributed by atoms with Crippen molar-refractivity contribution >= 4 is 11.6 Å². The molecule has 0 bridgehead atoms. The highest BCUT2D eigenvalue weighted by Crippen LogP contribution is 2.23. The monoisotopic (exact) mass is 422 g/mol. The van der Waals surface area contributed by atoms with Crippen molar-refractivity contribution in [2.75, 3.05) is 5.32 Å². The number of amides is 1. The molecule has 2 aromatic heterocycles. The molecule has 7 nitrogen and oxygen atoms in total. The summed E-state index contributed by atoms with van der Waals surface area (Å²) in [6.45, 7) is 1.49. The van der Waals surface area contributed by atoms with E-state index in [0.717, 1.165) is 33.9 Å². The molecule has 0 aliphatic heterocycles. The first-order valence-corrected chi connectivity index (χ1v) is 9.27. The maximum absolute atomic E-state index is 13.7. The third-order valence-corrected chi connectivity index (χ3v) is 4.58. The summed E-state index contributed by atoms with van der Waals surface area (Å²) in [4.78, 5) is 29.4. The smallest absolute Gasteiger partial charge is 0.263 e. The van der Waals surface area contributed by atoms with Gasteiger partial charge < -0.3 is 14.4 Å². The molecule has 0 atom stereocenters. The Morgan fingerprint density at radius 2 is 1.87 bits per heavy atom. The predicted molar refractivity (Wildman–Crippen MR) is 109 cm³/mol. The number of halogens is 2. The van der Waals surface area contributed by atoms with Gasteiger partial charge in [-0.3, -0.25) is 9.59 Å². The molecule has 31 heavy (non-hydrogen) atoms. The number of anilines is 1. The van der Waals surface area contributed by atoms with Crippen LogP contribution < -0.4 is 10.9 Å². The Morgan fingerprint density at radius 1 is 1.10 bits per heavy atom. The summed E-state index contributed by atoms with van der Waals surface area (Å²) in [5.74, 6) is -1.84. The molecule has 1 N–H and O–H groups in total. The zero-order valence-corrected chi connectivity index (χ0v) is 16.3. The lowest BCUT2D eigenvalue weighted by molar-refractivity contribution is -0.116. The Bertz CT molecular complexity index is 1330. The number of carbonyl (C=O) groups is 1. The summed E-state index contributed by atoms with van der Waals surface area (Å²) in [5, 5.41) is 6.19. The molecule has 0 fully saturated rings.